The van der Waals surface area contributed by atoms with Crippen LogP contribution < -0.4 is 22.9 Å². The predicted octanol–water partition coefficient (Wildman–Crippen LogP) is -2.94. The number of carbonyl (C=O) groups excluding carboxylic acids is 1. The highest BCUT2D eigenvalue weighted by atomic mass is 16.4. The highest BCUT2D eigenvalue weighted by molar-refractivity contribution is 5.77. The van der Waals surface area contributed by atoms with Crippen molar-refractivity contribution in [1.82, 2.24) is 9.97 Å². The van der Waals surface area contributed by atoms with Crippen LogP contribution in [0.1, 0.15) is 18.5 Å². The molecule has 12 N–H and O–H groups in total. The van der Waals surface area contributed by atoms with Crippen molar-refractivity contribution in [2.75, 3.05) is 6.54 Å². The number of primary amides is 1. The Balaban J connectivity index is 0. The number of aromatic nitrogens is 2. The number of hydrogen-bond acceptors (Lipinski definition) is 8. The van der Waals surface area contributed by atoms with Gasteiger partial charge in [-0.05, 0) is 6.42 Å². The molecule has 0 saturated heterocycles. The molecule has 0 fully saturated rings. The molecule has 1 aromatic heterocycles. The number of hydrogen-bond donors (Lipinski definition) is 8. The highest BCUT2D eigenvalue weighted by Crippen LogP contribution is 1.95. The Morgan fingerprint density at radius 1 is 1.08 bits per heavy atom. The molecule has 1 amide bonds. The minimum atomic E-state index is -1.11. The van der Waals surface area contributed by atoms with Gasteiger partial charge in [-0.15, -0.1) is 0 Å². The Hall–Kier alpha value is -3.03. The highest BCUT2D eigenvalue weighted by Gasteiger charge is 2.12. The van der Waals surface area contributed by atoms with Crippen LogP contribution in [0, 0.1) is 0 Å². The molecule has 0 aromatic carbocycles. The van der Waals surface area contributed by atoms with Crippen LogP contribution in [0.4, 0.5) is 0 Å². The number of amides is 1. The lowest BCUT2D eigenvalue weighted by Gasteiger charge is -2.02. The summed E-state index contributed by atoms with van der Waals surface area (Å²) in [4.78, 5) is 46.1. The molecule has 13 nitrogen and oxygen atoms in total. The first-order valence-electron chi connectivity index (χ1n) is 7.15. The molecule has 0 aliphatic heterocycles. The fourth-order valence-electron chi connectivity index (χ4n) is 1.14. The molecule has 13 heteroatoms. The standard InChI is InChI=1S/C6H9N3O2.C5H10N2O3.C2H5NO2/c7-5(6(10)11)1-4-2-8-3-9-4;6-3(5(9)10)1-2-4(7)8;3-1-2(4)5/h2-3,5H,1,7H2,(H,8,9)(H,10,11);3H,1-2,6H2,(H2,7,8)(H,9,10);1,3H2,(H,4,5)/t5-;;/m0../s1. The average Bonchev–Trinajstić information content (AvgIpc) is 3.06. The third-order valence-electron chi connectivity index (χ3n) is 2.51. The van der Waals surface area contributed by atoms with Crippen LogP contribution in [0.2, 0.25) is 0 Å². The summed E-state index contributed by atoms with van der Waals surface area (Å²) in [5, 5.41) is 24.2. The van der Waals surface area contributed by atoms with E-state index < -0.39 is 35.9 Å². The number of H-pyrrole nitrogens is 1. The lowest BCUT2D eigenvalue weighted by atomic mass is 10.2. The van der Waals surface area contributed by atoms with Gasteiger partial charge in [-0.25, -0.2) is 4.98 Å². The molecule has 148 valence electrons. The van der Waals surface area contributed by atoms with Crippen molar-refractivity contribution in [2.24, 2.45) is 22.9 Å². The molecule has 0 aliphatic rings. The molecule has 0 aliphatic carbocycles. The number of carbonyl (C=O) groups is 4. The van der Waals surface area contributed by atoms with Gasteiger partial charge in [0, 0.05) is 24.7 Å². The fourth-order valence-corrected chi connectivity index (χ4v) is 1.14. The topological polar surface area (TPSA) is 262 Å². The lowest BCUT2D eigenvalue weighted by molar-refractivity contribution is -0.139. The summed E-state index contributed by atoms with van der Waals surface area (Å²) in [5.41, 5.74) is 20.4. The van der Waals surface area contributed by atoms with E-state index >= 15 is 0 Å². The summed E-state index contributed by atoms with van der Waals surface area (Å²) in [6.07, 6.45) is 3.46. The number of aliphatic carboxylic acids is 3. The Kier molecular flexibility index (Phi) is 13.9. The maximum absolute atomic E-state index is 10.3. The number of aromatic amines is 1. The Labute approximate surface area is 148 Å². The molecule has 0 bridgehead atoms. The summed E-state index contributed by atoms with van der Waals surface area (Å²) < 4.78 is 0. The monoisotopic (exact) mass is 376 g/mol. The molecule has 0 spiro atoms. The quantitative estimate of drug-likeness (QED) is 0.227. The first-order valence-corrected chi connectivity index (χ1v) is 7.15. The third kappa shape index (κ3) is 15.9. The second-order valence-electron chi connectivity index (χ2n) is 4.77. The van der Waals surface area contributed by atoms with Crippen molar-refractivity contribution in [3.8, 4) is 0 Å². The molecule has 1 rings (SSSR count). The van der Waals surface area contributed by atoms with E-state index in [4.69, 9.17) is 32.5 Å². The van der Waals surface area contributed by atoms with Crippen LogP contribution in [0.3, 0.4) is 0 Å². The number of nitrogens with zero attached hydrogens (tertiary/aromatic N) is 1. The Morgan fingerprint density at radius 3 is 1.88 bits per heavy atom. The smallest absolute Gasteiger partial charge is 0.320 e. The molecular weight excluding hydrogens is 352 g/mol. The fraction of sp³-hybridized carbons (Fsp3) is 0.462. The Bertz CT molecular complexity index is 563. The Morgan fingerprint density at radius 2 is 1.58 bits per heavy atom. The van der Waals surface area contributed by atoms with Crippen molar-refractivity contribution in [3.05, 3.63) is 18.2 Å². The van der Waals surface area contributed by atoms with Gasteiger partial charge < -0.3 is 43.2 Å². The minimum Gasteiger partial charge on any atom is -0.480 e. The van der Waals surface area contributed by atoms with Crippen molar-refractivity contribution in [3.63, 3.8) is 0 Å². The second-order valence-corrected chi connectivity index (χ2v) is 4.77. The van der Waals surface area contributed by atoms with Gasteiger partial charge in [0.25, 0.3) is 0 Å². The molecular formula is C13H24N6O7. The van der Waals surface area contributed by atoms with E-state index in [2.05, 4.69) is 15.7 Å². The third-order valence-corrected chi connectivity index (χ3v) is 2.51. The SMILES string of the molecule is NC(=O)CCC(N)C(=O)O.NCC(=O)O.N[C@@H](Cc1cnc[nH]1)C(=O)O. The molecule has 26 heavy (non-hydrogen) atoms. The van der Waals surface area contributed by atoms with E-state index in [-0.39, 0.29) is 25.8 Å². The zero-order valence-electron chi connectivity index (χ0n) is 13.9. The van der Waals surface area contributed by atoms with E-state index in [0.29, 0.717) is 0 Å². The van der Waals surface area contributed by atoms with Crippen LogP contribution in [-0.4, -0.2) is 67.7 Å². The minimum absolute atomic E-state index is 0.0213. The van der Waals surface area contributed by atoms with E-state index in [0.717, 1.165) is 5.69 Å². The van der Waals surface area contributed by atoms with Gasteiger partial charge in [0.2, 0.25) is 5.91 Å². The number of imidazole rings is 1. The van der Waals surface area contributed by atoms with Gasteiger partial charge in [0.1, 0.15) is 12.1 Å². The van der Waals surface area contributed by atoms with Gasteiger partial charge in [0.05, 0.1) is 12.9 Å². The van der Waals surface area contributed by atoms with E-state index in [9.17, 15) is 19.2 Å². The predicted molar refractivity (Wildman–Crippen MR) is 88.6 cm³/mol. The average molecular weight is 376 g/mol. The molecule has 1 unspecified atom stereocenters. The second kappa shape index (κ2) is 14.3. The van der Waals surface area contributed by atoms with Crippen molar-refractivity contribution >= 4 is 23.8 Å². The number of rotatable bonds is 8. The van der Waals surface area contributed by atoms with Crippen LogP contribution in [0.15, 0.2) is 12.5 Å². The normalized spacial score (nSPS) is 11.7. The van der Waals surface area contributed by atoms with Crippen LogP contribution in [0.25, 0.3) is 0 Å². The van der Waals surface area contributed by atoms with E-state index in [1.807, 2.05) is 0 Å². The van der Waals surface area contributed by atoms with Gasteiger partial charge in [-0.2, -0.15) is 0 Å². The van der Waals surface area contributed by atoms with Crippen molar-refractivity contribution in [1.29, 1.82) is 0 Å². The van der Waals surface area contributed by atoms with Gasteiger partial charge in [-0.3, -0.25) is 19.2 Å². The van der Waals surface area contributed by atoms with E-state index in [1.165, 1.54) is 6.33 Å². The number of nitrogens with one attached hydrogen (secondary N) is 1. The summed E-state index contributed by atoms with van der Waals surface area (Å²) in [5.74, 6) is -3.61. The summed E-state index contributed by atoms with van der Waals surface area (Å²) in [6.45, 7) is -0.278. The van der Waals surface area contributed by atoms with Crippen LogP contribution in [0.5, 0.6) is 0 Å². The lowest BCUT2D eigenvalue weighted by Crippen LogP contribution is -2.32. The molecule has 0 saturated carbocycles. The molecule has 0 radical (unpaired) electrons. The first-order chi connectivity index (χ1) is 12.0. The van der Waals surface area contributed by atoms with Crippen LogP contribution >= 0.6 is 0 Å². The molecule has 2 atom stereocenters. The molecule has 1 heterocycles. The first kappa shape index (κ1) is 25.2. The summed E-state index contributed by atoms with van der Waals surface area (Å²) >= 11 is 0. The summed E-state index contributed by atoms with van der Waals surface area (Å²) in [7, 11) is 0. The number of carboxylic acids is 3. The zero-order chi connectivity index (χ0) is 20.7. The van der Waals surface area contributed by atoms with Crippen molar-refractivity contribution in [2.45, 2.75) is 31.3 Å². The zero-order valence-corrected chi connectivity index (χ0v) is 13.9. The maximum Gasteiger partial charge on any atom is 0.320 e. The summed E-state index contributed by atoms with van der Waals surface area (Å²) in [6, 6.07) is -1.83. The number of carboxylic acid groups (broad SMARTS) is 3. The van der Waals surface area contributed by atoms with Gasteiger partial charge >= 0.3 is 17.9 Å². The number of nitrogens with two attached hydrogens (primary N) is 4. The molecule has 1 aromatic rings. The van der Waals surface area contributed by atoms with Gasteiger partial charge in [0.15, 0.2) is 0 Å². The van der Waals surface area contributed by atoms with Crippen molar-refractivity contribution < 1.29 is 34.5 Å². The maximum atomic E-state index is 10.3. The largest absolute Gasteiger partial charge is 0.480 e. The van der Waals surface area contributed by atoms with Gasteiger partial charge in [-0.1, -0.05) is 0 Å². The van der Waals surface area contributed by atoms with E-state index in [1.54, 1.807) is 6.20 Å². The van der Waals surface area contributed by atoms with Crippen LogP contribution in [-0.2, 0) is 25.6 Å².